The molecule has 14 heavy (non-hydrogen) atoms. The van der Waals surface area contributed by atoms with E-state index in [9.17, 15) is 0 Å². The summed E-state index contributed by atoms with van der Waals surface area (Å²) < 4.78 is 5.34. The van der Waals surface area contributed by atoms with Crippen LogP contribution in [0.25, 0.3) is 0 Å². The minimum Gasteiger partial charge on any atom is -0.493 e. The van der Waals surface area contributed by atoms with Gasteiger partial charge in [-0.1, -0.05) is 6.07 Å². The van der Waals surface area contributed by atoms with Crippen LogP contribution in [0.3, 0.4) is 0 Å². The molecule has 72 valence electrons. The van der Waals surface area contributed by atoms with Crippen molar-refractivity contribution in [1.29, 1.82) is 0 Å². The normalized spacial score (nSPS) is 21.0. The summed E-state index contributed by atoms with van der Waals surface area (Å²) in [5, 5.41) is 0. The molecule has 2 rings (SSSR count). The summed E-state index contributed by atoms with van der Waals surface area (Å²) in [5.41, 5.74) is 0. The van der Waals surface area contributed by atoms with Gasteiger partial charge in [-0.05, 0) is 31.1 Å². The molecule has 1 aromatic rings. The van der Waals surface area contributed by atoms with Crippen LogP contribution in [-0.2, 0) is 4.74 Å². The molecule has 1 atom stereocenters. The lowest BCUT2D eigenvalue weighted by Crippen LogP contribution is -2.13. The highest BCUT2D eigenvalue weighted by atomic mass is 16.5. The van der Waals surface area contributed by atoms with Crippen LogP contribution in [0.15, 0.2) is 41.7 Å². The number of ether oxygens (including phenoxy) is 1. The van der Waals surface area contributed by atoms with Gasteiger partial charge >= 0.3 is 0 Å². The minimum absolute atomic E-state index is 0.0991. The van der Waals surface area contributed by atoms with Gasteiger partial charge in [0.05, 0.1) is 6.26 Å². The molecule has 0 fully saturated rings. The number of rotatable bonds is 2. The second kappa shape index (κ2) is 4.56. The Labute approximate surface area is 83.2 Å². The molecular weight excluding hydrogens is 176 g/mol. The van der Waals surface area contributed by atoms with E-state index in [-0.39, 0.29) is 6.10 Å². The Morgan fingerprint density at radius 3 is 3.21 bits per heavy atom. The molecule has 3 nitrogen and oxygen atoms in total. The first-order valence-corrected chi connectivity index (χ1v) is 4.71. The average molecular weight is 188 g/mol. The molecule has 1 aliphatic rings. The van der Waals surface area contributed by atoms with Gasteiger partial charge in [0.25, 0.3) is 0 Å². The lowest BCUT2D eigenvalue weighted by Gasteiger charge is -2.14. The van der Waals surface area contributed by atoms with Crippen molar-refractivity contribution in [2.45, 2.75) is 18.9 Å². The van der Waals surface area contributed by atoms with Crippen LogP contribution in [0, 0.1) is 0 Å². The molecule has 0 radical (unpaired) electrons. The topological polar surface area (TPSA) is 34.5 Å². The lowest BCUT2D eigenvalue weighted by atomic mass is 10.2. The van der Waals surface area contributed by atoms with Gasteiger partial charge < -0.3 is 4.74 Å². The maximum Gasteiger partial charge on any atom is 0.151 e. The van der Waals surface area contributed by atoms with Gasteiger partial charge in [-0.15, -0.1) is 0 Å². The SMILES string of the molecule is C1=COC(/C=N/c2ccccn2)CC1. The zero-order chi connectivity index (χ0) is 9.64. The molecular formula is C11H12N2O. The van der Waals surface area contributed by atoms with Gasteiger partial charge in [0.1, 0.15) is 6.10 Å². The number of hydrogen-bond acceptors (Lipinski definition) is 3. The smallest absolute Gasteiger partial charge is 0.151 e. The highest BCUT2D eigenvalue weighted by Gasteiger charge is 2.06. The molecule has 0 spiro atoms. The Balaban J connectivity index is 1.97. The summed E-state index contributed by atoms with van der Waals surface area (Å²) in [7, 11) is 0. The van der Waals surface area contributed by atoms with Crippen molar-refractivity contribution in [2.75, 3.05) is 0 Å². The third-order valence-corrected chi connectivity index (χ3v) is 1.99. The van der Waals surface area contributed by atoms with Crippen molar-refractivity contribution in [3.63, 3.8) is 0 Å². The summed E-state index contributed by atoms with van der Waals surface area (Å²) in [4.78, 5) is 8.33. The molecule has 2 heterocycles. The second-order valence-electron chi connectivity index (χ2n) is 3.09. The summed E-state index contributed by atoms with van der Waals surface area (Å²) in [6, 6.07) is 5.66. The Hall–Kier alpha value is -1.64. The number of hydrogen-bond donors (Lipinski definition) is 0. The van der Waals surface area contributed by atoms with Gasteiger partial charge in [-0.3, -0.25) is 0 Å². The number of pyridine rings is 1. The molecule has 0 aliphatic carbocycles. The van der Waals surface area contributed by atoms with E-state index in [1.54, 1.807) is 12.5 Å². The standard InChI is InChI=1S/C11H12N2O/c1-3-7-12-11(6-1)13-9-10-5-2-4-8-14-10/h1,3-4,6-10H,2,5H2/b13-9+. The van der Waals surface area contributed by atoms with Gasteiger partial charge in [-0.25, -0.2) is 9.98 Å². The van der Waals surface area contributed by atoms with Gasteiger partial charge in [0.15, 0.2) is 5.82 Å². The molecule has 1 aliphatic heterocycles. The first-order chi connectivity index (χ1) is 6.95. The maximum absolute atomic E-state index is 5.34. The Morgan fingerprint density at radius 1 is 1.50 bits per heavy atom. The molecule has 3 heteroatoms. The fourth-order valence-electron chi connectivity index (χ4n) is 1.25. The highest BCUT2D eigenvalue weighted by Crippen LogP contribution is 2.10. The van der Waals surface area contributed by atoms with Crippen LogP contribution in [-0.4, -0.2) is 17.3 Å². The first-order valence-electron chi connectivity index (χ1n) is 4.71. The minimum atomic E-state index is 0.0991. The van der Waals surface area contributed by atoms with Crippen LogP contribution in [0.2, 0.25) is 0 Å². The van der Waals surface area contributed by atoms with Crippen LogP contribution < -0.4 is 0 Å². The summed E-state index contributed by atoms with van der Waals surface area (Å²) >= 11 is 0. The third-order valence-electron chi connectivity index (χ3n) is 1.99. The van der Waals surface area contributed by atoms with E-state index in [1.165, 1.54) is 0 Å². The fourth-order valence-corrected chi connectivity index (χ4v) is 1.25. The maximum atomic E-state index is 5.34. The predicted octanol–water partition coefficient (Wildman–Crippen LogP) is 2.48. The number of aliphatic imine (C=N–C) groups is 1. The molecule has 0 saturated heterocycles. The fraction of sp³-hybridized carbons (Fsp3) is 0.273. The van der Waals surface area contributed by atoms with Crippen molar-refractivity contribution < 1.29 is 4.74 Å². The van der Waals surface area contributed by atoms with Crippen molar-refractivity contribution in [3.8, 4) is 0 Å². The van der Waals surface area contributed by atoms with Gasteiger partial charge in [-0.2, -0.15) is 0 Å². The number of nitrogens with zero attached hydrogens (tertiary/aromatic N) is 2. The van der Waals surface area contributed by atoms with E-state index in [1.807, 2.05) is 30.5 Å². The Bertz CT molecular complexity index is 332. The molecule has 0 aromatic carbocycles. The molecule has 1 unspecified atom stereocenters. The van der Waals surface area contributed by atoms with Crippen LogP contribution in [0.4, 0.5) is 5.82 Å². The third kappa shape index (κ3) is 2.42. The second-order valence-corrected chi connectivity index (χ2v) is 3.09. The van der Waals surface area contributed by atoms with E-state index in [4.69, 9.17) is 4.74 Å². The monoisotopic (exact) mass is 188 g/mol. The lowest BCUT2D eigenvalue weighted by molar-refractivity contribution is 0.185. The quantitative estimate of drug-likeness (QED) is 0.668. The molecule has 0 amide bonds. The van der Waals surface area contributed by atoms with Gasteiger partial charge in [0.2, 0.25) is 0 Å². The van der Waals surface area contributed by atoms with Crippen LogP contribution >= 0.6 is 0 Å². The Kier molecular flexibility index (Phi) is 2.91. The van der Waals surface area contributed by atoms with E-state index >= 15 is 0 Å². The largest absolute Gasteiger partial charge is 0.493 e. The average Bonchev–Trinajstić information content (AvgIpc) is 2.29. The van der Waals surface area contributed by atoms with E-state index in [0.717, 1.165) is 18.7 Å². The number of allylic oxidation sites excluding steroid dienone is 1. The Morgan fingerprint density at radius 2 is 2.50 bits per heavy atom. The van der Waals surface area contributed by atoms with Gasteiger partial charge in [0, 0.05) is 12.4 Å². The molecule has 0 N–H and O–H groups in total. The van der Waals surface area contributed by atoms with Crippen molar-refractivity contribution in [3.05, 3.63) is 36.7 Å². The van der Waals surface area contributed by atoms with Crippen molar-refractivity contribution in [1.82, 2.24) is 4.98 Å². The molecule has 0 saturated carbocycles. The summed E-state index contributed by atoms with van der Waals surface area (Å²) in [5.74, 6) is 0.727. The van der Waals surface area contributed by atoms with E-state index in [0.29, 0.717) is 0 Å². The van der Waals surface area contributed by atoms with Crippen molar-refractivity contribution in [2.24, 2.45) is 4.99 Å². The van der Waals surface area contributed by atoms with Crippen LogP contribution in [0.5, 0.6) is 0 Å². The first kappa shape index (κ1) is 8.94. The summed E-state index contributed by atoms with van der Waals surface area (Å²) in [6.45, 7) is 0. The highest BCUT2D eigenvalue weighted by molar-refractivity contribution is 5.66. The number of aromatic nitrogens is 1. The molecule has 0 bridgehead atoms. The van der Waals surface area contributed by atoms with E-state index in [2.05, 4.69) is 9.98 Å². The zero-order valence-corrected chi connectivity index (χ0v) is 7.84. The van der Waals surface area contributed by atoms with Crippen LogP contribution in [0.1, 0.15) is 12.8 Å². The van der Waals surface area contributed by atoms with E-state index < -0.39 is 0 Å². The zero-order valence-electron chi connectivity index (χ0n) is 7.84. The predicted molar refractivity (Wildman–Crippen MR) is 55.6 cm³/mol. The van der Waals surface area contributed by atoms with Crippen molar-refractivity contribution >= 4 is 12.0 Å². The molecule has 1 aromatic heterocycles. The summed E-state index contributed by atoms with van der Waals surface area (Å²) in [6.07, 6.45) is 9.44.